The molecule has 0 aliphatic heterocycles. The first-order valence-electron chi connectivity index (χ1n) is 4.95. The smallest absolute Gasteiger partial charge is 0.306 e. The van der Waals surface area contributed by atoms with E-state index in [1.54, 1.807) is 0 Å². The second kappa shape index (κ2) is 5.55. The van der Waals surface area contributed by atoms with E-state index in [0.717, 1.165) is 0 Å². The Morgan fingerprint density at radius 3 is 2.47 bits per heavy atom. The van der Waals surface area contributed by atoms with Crippen LogP contribution in [0, 0.1) is 21.7 Å². The van der Waals surface area contributed by atoms with Crippen LogP contribution in [0.4, 0.5) is 14.5 Å². The average molecular weight is 296 g/mol. The number of nitrogens with one attached hydrogen (secondary N) is 1. The van der Waals surface area contributed by atoms with Gasteiger partial charge in [0.25, 0.3) is 0 Å². The Bertz CT molecular complexity index is 605. The van der Waals surface area contributed by atoms with E-state index in [1.165, 1.54) is 6.92 Å². The van der Waals surface area contributed by atoms with Crippen LogP contribution in [-0.2, 0) is 10.0 Å². The summed E-state index contributed by atoms with van der Waals surface area (Å²) in [5.74, 6) is -2.93. The van der Waals surface area contributed by atoms with Crippen LogP contribution in [-0.4, -0.2) is 31.1 Å². The lowest BCUT2D eigenvalue weighted by Gasteiger charge is -2.12. The van der Waals surface area contributed by atoms with Gasteiger partial charge in [-0.05, 0) is 6.92 Å². The number of aliphatic hydroxyl groups excluding tert-OH is 1. The third-order valence-electron chi connectivity index (χ3n) is 2.12. The molecule has 0 saturated heterocycles. The fourth-order valence-electron chi connectivity index (χ4n) is 1.23. The Hall–Kier alpha value is -1.65. The molecule has 0 aromatic heterocycles. The van der Waals surface area contributed by atoms with Gasteiger partial charge >= 0.3 is 5.69 Å². The fourth-order valence-corrected chi connectivity index (χ4v) is 2.54. The number of hydrogen-bond acceptors (Lipinski definition) is 5. The summed E-state index contributed by atoms with van der Waals surface area (Å²) < 4.78 is 51.7. The van der Waals surface area contributed by atoms with Crippen LogP contribution < -0.4 is 4.72 Å². The summed E-state index contributed by atoms with van der Waals surface area (Å²) in [5.41, 5.74) is -1.15. The molecule has 0 heterocycles. The molecule has 1 unspecified atom stereocenters. The van der Waals surface area contributed by atoms with Gasteiger partial charge in [0.15, 0.2) is 0 Å². The highest BCUT2D eigenvalue weighted by atomic mass is 32.2. The summed E-state index contributed by atoms with van der Waals surface area (Å²) in [5, 5.41) is 19.2. The molecule has 106 valence electrons. The number of nitro groups is 1. The monoisotopic (exact) mass is 296 g/mol. The van der Waals surface area contributed by atoms with Gasteiger partial charge in [-0.15, -0.1) is 0 Å². The molecule has 7 nitrogen and oxygen atoms in total. The second-order valence-corrected chi connectivity index (χ2v) is 5.38. The van der Waals surface area contributed by atoms with E-state index in [9.17, 15) is 27.3 Å². The Labute approximate surface area is 107 Å². The Balaban J connectivity index is 3.34. The molecule has 0 bridgehead atoms. The predicted octanol–water partition coefficient (Wildman–Crippen LogP) is 0.532. The summed E-state index contributed by atoms with van der Waals surface area (Å²) in [6.07, 6.45) is 0. The van der Waals surface area contributed by atoms with Crippen molar-refractivity contribution in [3.63, 3.8) is 0 Å². The molecule has 19 heavy (non-hydrogen) atoms. The largest absolute Gasteiger partial charge is 0.395 e. The molecule has 0 spiro atoms. The first-order valence-corrected chi connectivity index (χ1v) is 6.44. The van der Waals surface area contributed by atoms with Gasteiger partial charge in [0.1, 0.15) is 10.7 Å². The highest BCUT2D eigenvalue weighted by Gasteiger charge is 2.27. The van der Waals surface area contributed by atoms with Crippen molar-refractivity contribution in [2.24, 2.45) is 0 Å². The lowest BCUT2D eigenvalue weighted by molar-refractivity contribution is -0.387. The van der Waals surface area contributed by atoms with Crippen LogP contribution in [0.15, 0.2) is 17.0 Å². The average Bonchev–Trinajstić information content (AvgIpc) is 2.27. The zero-order chi connectivity index (χ0) is 14.8. The van der Waals surface area contributed by atoms with Crippen LogP contribution in [0.2, 0.25) is 0 Å². The Morgan fingerprint density at radius 2 is 2.00 bits per heavy atom. The third kappa shape index (κ3) is 3.43. The molecule has 0 saturated carbocycles. The summed E-state index contributed by atoms with van der Waals surface area (Å²) in [7, 11) is -4.43. The van der Waals surface area contributed by atoms with Gasteiger partial charge in [-0.25, -0.2) is 17.5 Å². The molecule has 0 radical (unpaired) electrons. The van der Waals surface area contributed by atoms with Crippen molar-refractivity contribution in [2.45, 2.75) is 17.9 Å². The van der Waals surface area contributed by atoms with E-state index in [0.29, 0.717) is 0 Å². The minimum atomic E-state index is -4.43. The first-order chi connectivity index (χ1) is 8.69. The van der Waals surface area contributed by atoms with Gasteiger partial charge in [0.2, 0.25) is 15.8 Å². The lowest BCUT2D eigenvalue weighted by Crippen LogP contribution is -2.35. The van der Waals surface area contributed by atoms with Crippen molar-refractivity contribution < 1.29 is 27.2 Å². The quantitative estimate of drug-likeness (QED) is 0.608. The van der Waals surface area contributed by atoms with Crippen LogP contribution in [0.1, 0.15) is 6.92 Å². The molecule has 1 rings (SSSR count). The zero-order valence-electron chi connectivity index (χ0n) is 9.63. The number of benzene rings is 1. The number of nitro benzene ring substituents is 1. The molecular weight excluding hydrogens is 286 g/mol. The molecule has 0 fully saturated rings. The minimum Gasteiger partial charge on any atom is -0.395 e. The van der Waals surface area contributed by atoms with Gasteiger partial charge < -0.3 is 5.11 Å². The van der Waals surface area contributed by atoms with Gasteiger partial charge in [0.05, 0.1) is 11.5 Å². The second-order valence-electron chi connectivity index (χ2n) is 3.70. The number of nitrogens with zero attached hydrogens (tertiary/aromatic N) is 1. The van der Waals surface area contributed by atoms with E-state index < -0.39 is 49.8 Å². The van der Waals surface area contributed by atoms with E-state index in [1.807, 2.05) is 4.72 Å². The number of sulfonamides is 1. The third-order valence-corrected chi connectivity index (χ3v) is 3.72. The number of rotatable bonds is 5. The van der Waals surface area contributed by atoms with E-state index >= 15 is 0 Å². The van der Waals surface area contributed by atoms with Crippen molar-refractivity contribution in [3.05, 3.63) is 33.9 Å². The van der Waals surface area contributed by atoms with Crippen molar-refractivity contribution in [2.75, 3.05) is 6.61 Å². The summed E-state index contributed by atoms with van der Waals surface area (Å²) >= 11 is 0. The van der Waals surface area contributed by atoms with Crippen LogP contribution in [0.5, 0.6) is 0 Å². The maximum atomic E-state index is 13.4. The molecule has 0 aliphatic rings. The van der Waals surface area contributed by atoms with Crippen LogP contribution in [0.3, 0.4) is 0 Å². The van der Waals surface area contributed by atoms with Crippen molar-refractivity contribution in [1.82, 2.24) is 4.72 Å². The maximum Gasteiger partial charge on any atom is 0.306 e. The SMILES string of the molecule is CC(CO)NS(=O)(=O)c1cc([N+](=O)[O-])c(F)cc1F. The minimum absolute atomic E-state index is 0.121. The maximum absolute atomic E-state index is 13.4. The highest BCUT2D eigenvalue weighted by Crippen LogP contribution is 2.24. The molecule has 2 N–H and O–H groups in total. The predicted molar refractivity (Wildman–Crippen MR) is 59.9 cm³/mol. The van der Waals surface area contributed by atoms with Gasteiger partial charge in [-0.2, -0.15) is 4.39 Å². The van der Waals surface area contributed by atoms with E-state index in [2.05, 4.69) is 0 Å². The standard InChI is InChI=1S/C9H10F2N2O5S/c1-5(4-14)12-19(17,18)9-3-8(13(15)16)6(10)2-7(9)11/h2-3,5,12,14H,4H2,1H3. The number of aliphatic hydroxyl groups is 1. The zero-order valence-corrected chi connectivity index (χ0v) is 10.4. The molecule has 1 aromatic rings. The number of halogens is 2. The van der Waals surface area contributed by atoms with Gasteiger partial charge in [-0.1, -0.05) is 0 Å². The van der Waals surface area contributed by atoms with Crippen LogP contribution in [0.25, 0.3) is 0 Å². The van der Waals surface area contributed by atoms with Crippen LogP contribution >= 0.6 is 0 Å². The summed E-state index contributed by atoms with van der Waals surface area (Å²) in [6, 6.07) is -0.513. The normalized spacial score (nSPS) is 13.3. The van der Waals surface area contributed by atoms with Gasteiger partial charge in [-0.3, -0.25) is 10.1 Å². The van der Waals surface area contributed by atoms with Crippen molar-refractivity contribution >= 4 is 15.7 Å². The summed E-state index contributed by atoms with van der Waals surface area (Å²) in [4.78, 5) is 8.26. The number of hydrogen-bond donors (Lipinski definition) is 2. The Kier molecular flexibility index (Phi) is 4.50. The van der Waals surface area contributed by atoms with Gasteiger partial charge in [0, 0.05) is 18.2 Å². The lowest BCUT2D eigenvalue weighted by atomic mass is 10.3. The highest BCUT2D eigenvalue weighted by molar-refractivity contribution is 7.89. The Morgan fingerprint density at radius 1 is 1.42 bits per heavy atom. The molecule has 0 aliphatic carbocycles. The fraction of sp³-hybridized carbons (Fsp3) is 0.333. The first kappa shape index (κ1) is 15.4. The molecular formula is C9H10F2N2O5S. The molecule has 0 amide bonds. The molecule has 1 atom stereocenters. The molecule has 10 heteroatoms. The van der Waals surface area contributed by atoms with Crippen molar-refractivity contribution in [1.29, 1.82) is 0 Å². The van der Waals surface area contributed by atoms with E-state index in [-0.39, 0.29) is 12.1 Å². The summed E-state index contributed by atoms with van der Waals surface area (Å²) in [6.45, 7) is 0.748. The molecule has 1 aromatic carbocycles. The van der Waals surface area contributed by atoms with E-state index in [4.69, 9.17) is 5.11 Å². The topological polar surface area (TPSA) is 110 Å². The van der Waals surface area contributed by atoms with Crippen molar-refractivity contribution in [3.8, 4) is 0 Å².